The van der Waals surface area contributed by atoms with E-state index in [2.05, 4.69) is 20.9 Å². The number of hydrogen-bond donors (Lipinski definition) is 3. The minimum atomic E-state index is -0.394. The zero-order chi connectivity index (χ0) is 17.8. The number of nitrogens with one attached hydrogen (secondary N) is 3. The predicted molar refractivity (Wildman–Crippen MR) is 100 cm³/mol. The van der Waals surface area contributed by atoms with Gasteiger partial charge in [-0.1, -0.05) is 0 Å². The van der Waals surface area contributed by atoms with Crippen LogP contribution in [0.5, 0.6) is 0 Å². The van der Waals surface area contributed by atoms with Gasteiger partial charge in [0.2, 0.25) is 11.8 Å². The average Bonchev–Trinajstić information content (AvgIpc) is 3.22. The van der Waals surface area contributed by atoms with E-state index in [4.69, 9.17) is 9.15 Å². The average molecular weight is 401 g/mol. The van der Waals surface area contributed by atoms with Crippen LogP contribution in [-0.2, 0) is 20.9 Å². The Bertz CT molecular complexity index is 763. The van der Waals surface area contributed by atoms with Gasteiger partial charge in [0.1, 0.15) is 17.5 Å². The summed E-state index contributed by atoms with van der Waals surface area (Å²) in [6, 6.07) is 3.18. The summed E-state index contributed by atoms with van der Waals surface area (Å²) in [7, 11) is 0. The number of amides is 2. The van der Waals surface area contributed by atoms with Gasteiger partial charge in [-0.05, 0) is 19.1 Å². The molecule has 0 bridgehead atoms. The van der Waals surface area contributed by atoms with Crippen molar-refractivity contribution in [2.45, 2.75) is 32.5 Å². The second-order valence-corrected chi connectivity index (χ2v) is 6.57. The van der Waals surface area contributed by atoms with Crippen LogP contribution in [0.25, 0.3) is 11.5 Å². The lowest BCUT2D eigenvalue weighted by Crippen LogP contribution is -2.53. The van der Waals surface area contributed by atoms with Gasteiger partial charge in [0.25, 0.3) is 0 Å². The highest BCUT2D eigenvalue weighted by atomic mass is 35.5. The Morgan fingerprint density at radius 2 is 2.23 bits per heavy atom. The Labute approximate surface area is 161 Å². The summed E-state index contributed by atoms with van der Waals surface area (Å²) in [5.41, 5.74) is 0.635. The van der Waals surface area contributed by atoms with Gasteiger partial charge in [-0.25, -0.2) is 4.98 Å². The van der Waals surface area contributed by atoms with Crippen molar-refractivity contribution in [3.63, 3.8) is 0 Å². The van der Waals surface area contributed by atoms with Gasteiger partial charge >= 0.3 is 0 Å². The van der Waals surface area contributed by atoms with Gasteiger partial charge in [-0.2, -0.15) is 0 Å². The number of morpholine rings is 1. The number of nitrogens with zero attached hydrogens (tertiary/aromatic N) is 1. The molecule has 1 aliphatic heterocycles. The van der Waals surface area contributed by atoms with Crippen LogP contribution in [-0.4, -0.2) is 42.1 Å². The molecule has 1 saturated heterocycles. The zero-order valence-electron chi connectivity index (χ0n) is 14.4. The number of carbonyl (C=O) groups is 2. The van der Waals surface area contributed by atoms with E-state index in [0.29, 0.717) is 42.0 Å². The van der Waals surface area contributed by atoms with Crippen molar-refractivity contribution in [3.05, 3.63) is 23.3 Å². The van der Waals surface area contributed by atoms with Crippen LogP contribution < -0.4 is 16.0 Å². The number of rotatable bonds is 5. The molecule has 0 spiro atoms. The van der Waals surface area contributed by atoms with Gasteiger partial charge in [0.05, 0.1) is 19.3 Å². The molecular weight excluding hydrogens is 380 g/mol. The minimum absolute atomic E-state index is 0. The highest BCUT2D eigenvalue weighted by molar-refractivity contribution is 7.14. The van der Waals surface area contributed by atoms with E-state index in [1.54, 1.807) is 12.1 Å². The predicted octanol–water partition coefficient (Wildman–Crippen LogP) is 1.78. The summed E-state index contributed by atoms with van der Waals surface area (Å²) >= 11 is 1.32. The molecule has 2 amide bonds. The van der Waals surface area contributed by atoms with Crippen molar-refractivity contribution < 1.29 is 18.7 Å². The van der Waals surface area contributed by atoms with Crippen molar-refractivity contribution in [1.29, 1.82) is 0 Å². The lowest BCUT2D eigenvalue weighted by Gasteiger charge is -2.28. The van der Waals surface area contributed by atoms with E-state index < -0.39 is 6.04 Å². The number of ether oxygens (including phenoxy) is 1. The van der Waals surface area contributed by atoms with Crippen molar-refractivity contribution in [1.82, 2.24) is 15.6 Å². The molecular formula is C16H21ClN4O4S. The molecule has 26 heavy (non-hydrogen) atoms. The van der Waals surface area contributed by atoms with Crippen molar-refractivity contribution in [2.75, 3.05) is 18.5 Å². The fourth-order valence-electron chi connectivity index (χ4n) is 2.48. The Hall–Kier alpha value is -1.94. The molecule has 0 radical (unpaired) electrons. The van der Waals surface area contributed by atoms with Gasteiger partial charge in [0, 0.05) is 18.8 Å². The first kappa shape index (κ1) is 20.4. The quantitative estimate of drug-likeness (QED) is 0.706. The van der Waals surface area contributed by atoms with Crippen LogP contribution in [0.15, 0.2) is 21.9 Å². The fraction of sp³-hybridized carbons (Fsp3) is 0.438. The molecule has 3 heterocycles. The molecule has 10 heteroatoms. The molecule has 3 N–H and O–H groups in total. The van der Waals surface area contributed by atoms with Crippen LogP contribution in [0.4, 0.5) is 5.13 Å². The molecule has 1 fully saturated rings. The first-order valence-electron chi connectivity index (χ1n) is 7.98. The Morgan fingerprint density at radius 3 is 2.96 bits per heavy atom. The SMILES string of the molecule is CC(=O)NCc1ccc(-c2csc(NC(=O)[C@H]3NCCO[C@@H]3C)n2)o1.Cl. The molecule has 0 unspecified atom stereocenters. The Morgan fingerprint density at radius 1 is 1.42 bits per heavy atom. The number of anilines is 1. The molecule has 2 aromatic rings. The molecule has 8 nitrogen and oxygen atoms in total. The third-order valence-electron chi connectivity index (χ3n) is 3.76. The van der Waals surface area contributed by atoms with Crippen LogP contribution in [0.1, 0.15) is 19.6 Å². The molecule has 0 aliphatic carbocycles. The molecule has 142 valence electrons. The van der Waals surface area contributed by atoms with Crippen LogP contribution in [0, 0.1) is 0 Å². The van der Waals surface area contributed by atoms with Crippen molar-refractivity contribution in [3.8, 4) is 11.5 Å². The molecule has 0 aromatic carbocycles. The second kappa shape index (κ2) is 9.13. The lowest BCUT2D eigenvalue weighted by atomic mass is 10.1. The molecule has 2 atom stereocenters. The van der Waals surface area contributed by atoms with Gasteiger partial charge in [-0.3, -0.25) is 9.59 Å². The number of halogens is 1. The summed E-state index contributed by atoms with van der Waals surface area (Å²) in [4.78, 5) is 27.6. The highest BCUT2D eigenvalue weighted by Gasteiger charge is 2.28. The maximum absolute atomic E-state index is 12.3. The van der Waals surface area contributed by atoms with Crippen molar-refractivity contribution >= 4 is 40.7 Å². The fourth-order valence-corrected chi connectivity index (χ4v) is 3.18. The standard InChI is InChI=1S/C16H20N4O4S.ClH/c1-9-14(17-5-6-23-9)15(22)20-16-19-12(8-25-16)13-4-3-11(24-13)7-18-10(2)21;/h3-4,8-9,14,17H,5-7H2,1-2H3,(H,18,21)(H,19,20,22);1H/t9-,14+;/m1./s1. The van der Waals surface area contributed by atoms with Gasteiger partial charge in [0.15, 0.2) is 10.9 Å². The van der Waals surface area contributed by atoms with E-state index in [1.165, 1.54) is 18.3 Å². The summed E-state index contributed by atoms with van der Waals surface area (Å²) in [6.07, 6.45) is -0.186. The summed E-state index contributed by atoms with van der Waals surface area (Å²) < 4.78 is 11.1. The normalized spacial score (nSPS) is 19.5. The van der Waals surface area contributed by atoms with Gasteiger partial charge < -0.3 is 25.1 Å². The smallest absolute Gasteiger partial charge is 0.245 e. The van der Waals surface area contributed by atoms with Crippen LogP contribution >= 0.6 is 23.7 Å². The number of aromatic nitrogens is 1. The Balaban J connectivity index is 0.00000243. The van der Waals surface area contributed by atoms with E-state index >= 15 is 0 Å². The first-order chi connectivity index (χ1) is 12.0. The zero-order valence-corrected chi connectivity index (χ0v) is 16.0. The number of hydrogen-bond acceptors (Lipinski definition) is 7. The number of thiazole rings is 1. The third-order valence-corrected chi connectivity index (χ3v) is 4.52. The van der Waals surface area contributed by atoms with E-state index in [1.807, 2.05) is 12.3 Å². The highest BCUT2D eigenvalue weighted by Crippen LogP contribution is 2.26. The first-order valence-corrected chi connectivity index (χ1v) is 8.86. The van der Waals surface area contributed by atoms with Crippen LogP contribution in [0.3, 0.4) is 0 Å². The summed E-state index contributed by atoms with van der Waals surface area (Å²) in [6.45, 7) is 4.89. The minimum Gasteiger partial charge on any atom is -0.458 e. The Kier molecular flexibility index (Phi) is 7.15. The van der Waals surface area contributed by atoms with E-state index in [0.717, 1.165) is 0 Å². The number of furan rings is 1. The topological polar surface area (TPSA) is 105 Å². The summed E-state index contributed by atoms with van der Waals surface area (Å²) in [5, 5.41) is 10.9. The molecule has 1 aliphatic rings. The maximum atomic E-state index is 12.3. The van der Waals surface area contributed by atoms with E-state index in [9.17, 15) is 9.59 Å². The van der Waals surface area contributed by atoms with Gasteiger partial charge in [-0.15, -0.1) is 23.7 Å². The van der Waals surface area contributed by atoms with E-state index in [-0.39, 0.29) is 30.3 Å². The van der Waals surface area contributed by atoms with Crippen LogP contribution in [0.2, 0.25) is 0 Å². The monoisotopic (exact) mass is 400 g/mol. The molecule has 3 rings (SSSR count). The number of carbonyl (C=O) groups excluding carboxylic acids is 2. The second-order valence-electron chi connectivity index (χ2n) is 5.71. The van der Waals surface area contributed by atoms with Crippen molar-refractivity contribution in [2.24, 2.45) is 0 Å². The molecule has 0 saturated carbocycles. The summed E-state index contributed by atoms with van der Waals surface area (Å²) in [5.74, 6) is 0.941. The lowest BCUT2D eigenvalue weighted by molar-refractivity contribution is -0.123. The maximum Gasteiger partial charge on any atom is 0.245 e. The largest absolute Gasteiger partial charge is 0.458 e. The third kappa shape index (κ3) is 5.04. The molecule has 2 aromatic heterocycles.